The van der Waals surface area contributed by atoms with Gasteiger partial charge in [-0.1, -0.05) is 17.7 Å². The van der Waals surface area contributed by atoms with Crippen LogP contribution in [0.2, 0.25) is 0 Å². The lowest BCUT2D eigenvalue weighted by Gasteiger charge is -2.11. The van der Waals surface area contributed by atoms with Crippen LogP contribution in [0.4, 0.5) is 11.4 Å². The van der Waals surface area contributed by atoms with Crippen LogP contribution in [0.15, 0.2) is 53.4 Å². The van der Waals surface area contributed by atoms with Crippen LogP contribution in [0, 0.1) is 17.0 Å². The second kappa shape index (κ2) is 9.00. The molecular formula is C18H18N2O5S. The number of nitrogens with one attached hydrogen (secondary N) is 1. The van der Waals surface area contributed by atoms with E-state index in [9.17, 15) is 19.7 Å². The molecule has 26 heavy (non-hydrogen) atoms. The van der Waals surface area contributed by atoms with Gasteiger partial charge in [-0.2, -0.15) is 0 Å². The number of aryl methyl sites for hydroxylation is 1. The molecule has 0 heterocycles. The normalized spacial score (nSPS) is 11.5. The Morgan fingerprint density at radius 2 is 1.77 bits per heavy atom. The van der Waals surface area contributed by atoms with E-state index < -0.39 is 22.0 Å². The number of carbonyl (C=O) groups excluding carboxylic acids is 2. The molecule has 0 aliphatic heterocycles. The molecule has 0 bridgehead atoms. The van der Waals surface area contributed by atoms with Crippen LogP contribution >= 0.6 is 11.8 Å². The predicted molar refractivity (Wildman–Crippen MR) is 99.2 cm³/mol. The van der Waals surface area contributed by atoms with Crippen molar-refractivity contribution in [2.75, 3.05) is 11.9 Å². The summed E-state index contributed by atoms with van der Waals surface area (Å²) in [5, 5.41) is 12.7. The smallest absolute Gasteiger partial charge is 0.319 e. The number of nitrogens with zero attached hydrogens (tertiary/aromatic N) is 1. The van der Waals surface area contributed by atoms with Crippen molar-refractivity contribution in [3.8, 4) is 0 Å². The number of hydrogen-bond donors (Lipinski definition) is 1. The minimum Gasteiger partial charge on any atom is -0.455 e. The summed E-state index contributed by atoms with van der Waals surface area (Å²) in [6.45, 7) is 3.21. The SMILES string of the molecule is Cc1ccc(NC(=O)COC(=O)[C@H](C)Sc2ccc([N+](=O)[O-])cc2)cc1. The molecule has 0 saturated carbocycles. The molecule has 0 aliphatic carbocycles. The average Bonchev–Trinajstić information content (AvgIpc) is 2.62. The van der Waals surface area contributed by atoms with Crippen LogP contribution in [0.25, 0.3) is 0 Å². The van der Waals surface area contributed by atoms with Crippen molar-refractivity contribution in [3.63, 3.8) is 0 Å². The van der Waals surface area contributed by atoms with Crippen molar-refractivity contribution in [2.45, 2.75) is 24.0 Å². The summed E-state index contributed by atoms with van der Waals surface area (Å²) in [6, 6.07) is 13.1. The molecule has 136 valence electrons. The number of esters is 1. The van der Waals surface area contributed by atoms with E-state index >= 15 is 0 Å². The number of non-ortho nitro benzene ring substituents is 1. The molecular weight excluding hydrogens is 356 g/mol. The molecule has 0 radical (unpaired) electrons. The highest BCUT2D eigenvalue weighted by atomic mass is 32.2. The van der Waals surface area contributed by atoms with E-state index in [1.807, 2.05) is 19.1 Å². The van der Waals surface area contributed by atoms with Gasteiger partial charge in [-0.15, -0.1) is 11.8 Å². The highest BCUT2D eigenvalue weighted by Crippen LogP contribution is 2.26. The number of amides is 1. The Hall–Kier alpha value is -2.87. The van der Waals surface area contributed by atoms with Crippen molar-refractivity contribution in [1.29, 1.82) is 0 Å². The van der Waals surface area contributed by atoms with E-state index in [-0.39, 0.29) is 12.3 Å². The molecule has 0 saturated heterocycles. The summed E-state index contributed by atoms with van der Waals surface area (Å²) in [7, 11) is 0. The topological polar surface area (TPSA) is 98.5 Å². The summed E-state index contributed by atoms with van der Waals surface area (Å²) in [6.07, 6.45) is 0. The highest BCUT2D eigenvalue weighted by Gasteiger charge is 2.18. The number of ether oxygens (including phenoxy) is 1. The molecule has 0 aromatic heterocycles. The number of nitro groups is 1. The van der Waals surface area contributed by atoms with Crippen LogP contribution in [0.5, 0.6) is 0 Å². The van der Waals surface area contributed by atoms with E-state index in [4.69, 9.17) is 4.74 Å². The number of carbonyl (C=O) groups is 2. The van der Waals surface area contributed by atoms with Gasteiger partial charge in [-0.25, -0.2) is 0 Å². The Bertz CT molecular complexity index is 790. The lowest BCUT2D eigenvalue weighted by molar-refractivity contribution is -0.384. The zero-order valence-electron chi connectivity index (χ0n) is 14.3. The Labute approximate surface area is 154 Å². The largest absolute Gasteiger partial charge is 0.455 e. The number of anilines is 1. The molecule has 0 unspecified atom stereocenters. The van der Waals surface area contributed by atoms with E-state index in [0.717, 1.165) is 5.56 Å². The van der Waals surface area contributed by atoms with E-state index in [0.29, 0.717) is 10.6 Å². The van der Waals surface area contributed by atoms with Gasteiger partial charge in [0.25, 0.3) is 11.6 Å². The maximum absolute atomic E-state index is 12.0. The van der Waals surface area contributed by atoms with E-state index in [1.54, 1.807) is 31.2 Å². The van der Waals surface area contributed by atoms with Gasteiger partial charge in [-0.05, 0) is 38.1 Å². The van der Waals surface area contributed by atoms with Gasteiger partial charge in [0.2, 0.25) is 0 Å². The van der Waals surface area contributed by atoms with Crippen molar-refractivity contribution in [1.82, 2.24) is 0 Å². The Morgan fingerprint density at radius 1 is 1.15 bits per heavy atom. The fraction of sp³-hybridized carbons (Fsp3) is 0.222. The first-order valence-corrected chi connectivity index (χ1v) is 8.67. The van der Waals surface area contributed by atoms with Gasteiger partial charge in [0.15, 0.2) is 6.61 Å². The van der Waals surface area contributed by atoms with Gasteiger partial charge in [0.1, 0.15) is 5.25 Å². The van der Waals surface area contributed by atoms with E-state index in [1.165, 1.54) is 23.9 Å². The second-order valence-electron chi connectivity index (χ2n) is 5.53. The number of hydrogen-bond acceptors (Lipinski definition) is 6. The first-order valence-electron chi connectivity index (χ1n) is 7.79. The minimum atomic E-state index is -0.552. The third-order valence-electron chi connectivity index (χ3n) is 3.37. The minimum absolute atomic E-state index is 0.0163. The molecule has 1 N–H and O–H groups in total. The summed E-state index contributed by atoms with van der Waals surface area (Å²) < 4.78 is 5.02. The van der Waals surface area contributed by atoms with Crippen LogP contribution in [-0.2, 0) is 14.3 Å². The van der Waals surface area contributed by atoms with Gasteiger partial charge in [0.05, 0.1) is 4.92 Å². The van der Waals surface area contributed by atoms with Crippen molar-refractivity contribution in [2.24, 2.45) is 0 Å². The first kappa shape index (κ1) is 19.5. The highest BCUT2D eigenvalue weighted by molar-refractivity contribution is 8.00. The second-order valence-corrected chi connectivity index (χ2v) is 6.95. The molecule has 2 rings (SSSR count). The summed E-state index contributed by atoms with van der Waals surface area (Å²) in [5.41, 5.74) is 1.69. The average molecular weight is 374 g/mol. The molecule has 1 atom stereocenters. The van der Waals surface area contributed by atoms with Crippen LogP contribution in [0.1, 0.15) is 12.5 Å². The maximum Gasteiger partial charge on any atom is 0.319 e. The molecule has 0 spiro atoms. The molecule has 1 amide bonds. The number of benzene rings is 2. The standard InChI is InChI=1S/C18H18N2O5S/c1-12-3-5-14(6-4-12)19-17(21)11-25-18(22)13(2)26-16-9-7-15(8-10-16)20(23)24/h3-10,13H,11H2,1-2H3,(H,19,21)/t13-/m0/s1. The Balaban J connectivity index is 1.79. The van der Waals surface area contributed by atoms with Gasteiger partial charge < -0.3 is 10.1 Å². The maximum atomic E-state index is 12.0. The number of rotatable bonds is 7. The van der Waals surface area contributed by atoms with Gasteiger partial charge in [0, 0.05) is 22.7 Å². The molecule has 8 heteroatoms. The quantitative estimate of drug-likeness (QED) is 0.344. The number of nitro benzene ring substituents is 1. The number of thioether (sulfide) groups is 1. The van der Waals surface area contributed by atoms with Crippen molar-refractivity contribution in [3.05, 3.63) is 64.2 Å². The van der Waals surface area contributed by atoms with Gasteiger partial charge in [-0.3, -0.25) is 19.7 Å². The van der Waals surface area contributed by atoms with E-state index in [2.05, 4.69) is 5.32 Å². The predicted octanol–water partition coefficient (Wildman–Crippen LogP) is 3.57. The van der Waals surface area contributed by atoms with Crippen molar-refractivity contribution < 1.29 is 19.2 Å². The summed E-state index contributed by atoms with van der Waals surface area (Å²) in [5.74, 6) is -0.956. The van der Waals surface area contributed by atoms with Crippen LogP contribution < -0.4 is 5.32 Å². The fourth-order valence-electron chi connectivity index (χ4n) is 1.99. The summed E-state index contributed by atoms with van der Waals surface area (Å²) in [4.78, 5) is 34.7. The molecule has 0 fully saturated rings. The Kier molecular flexibility index (Phi) is 6.74. The third-order valence-corrected chi connectivity index (χ3v) is 4.46. The van der Waals surface area contributed by atoms with Gasteiger partial charge >= 0.3 is 5.97 Å². The summed E-state index contributed by atoms with van der Waals surface area (Å²) >= 11 is 1.20. The Morgan fingerprint density at radius 3 is 2.35 bits per heavy atom. The van der Waals surface area contributed by atoms with Crippen LogP contribution in [0.3, 0.4) is 0 Å². The lowest BCUT2D eigenvalue weighted by Crippen LogP contribution is -2.24. The molecule has 2 aromatic rings. The molecule has 7 nitrogen and oxygen atoms in total. The zero-order valence-corrected chi connectivity index (χ0v) is 15.1. The fourth-order valence-corrected chi connectivity index (χ4v) is 2.85. The van der Waals surface area contributed by atoms with Crippen LogP contribution in [-0.4, -0.2) is 28.7 Å². The monoisotopic (exact) mass is 374 g/mol. The third kappa shape index (κ3) is 5.89. The lowest BCUT2D eigenvalue weighted by atomic mass is 10.2. The molecule has 0 aliphatic rings. The first-order chi connectivity index (χ1) is 12.3. The van der Waals surface area contributed by atoms with Crippen molar-refractivity contribution >= 4 is 35.0 Å². The zero-order chi connectivity index (χ0) is 19.1. The molecule has 2 aromatic carbocycles.